The van der Waals surface area contributed by atoms with E-state index in [4.69, 9.17) is 5.11 Å². The van der Waals surface area contributed by atoms with E-state index in [1.165, 1.54) is 12.1 Å². The van der Waals surface area contributed by atoms with E-state index in [1.807, 2.05) is 0 Å². The number of rotatable bonds is 7. The first-order valence-corrected chi connectivity index (χ1v) is 10.5. The van der Waals surface area contributed by atoms with Gasteiger partial charge in [0.15, 0.2) is 5.69 Å². The molecule has 1 saturated carbocycles. The van der Waals surface area contributed by atoms with Gasteiger partial charge in [-0.3, -0.25) is 9.59 Å². The molecule has 12 heteroatoms. The van der Waals surface area contributed by atoms with E-state index in [1.54, 1.807) is 4.72 Å². The van der Waals surface area contributed by atoms with Gasteiger partial charge < -0.3 is 5.11 Å². The quantitative estimate of drug-likeness (QED) is 0.677. The molecular weight excluding hydrogens is 427 g/mol. The number of carbonyl (C=O) groups excluding carboxylic acids is 1. The molecule has 8 nitrogen and oxygen atoms in total. The molecule has 1 heterocycles. The molecule has 1 amide bonds. The van der Waals surface area contributed by atoms with Gasteiger partial charge in [0.2, 0.25) is 5.91 Å². The highest BCUT2D eigenvalue weighted by Gasteiger charge is 2.37. The first-order chi connectivity index (χ1) is 14.0. The van der Waals surface area contributed by atoms with Crippen LogP contribution in [0.2, 0.25) is 0 Å². The maximum Gasteiger partial charge on any atom is 0.435 e. The number of nitrogens with one attached hydrogen (secondary N) is 1. The van der Waals surface area contributed by atoms with Crippen LogP contribution in [0.5, 0.6) is 0 Å². The smallest absolute Gasteiger partial charge is 0.435 e. The summed E-state index contributed by atoms with van der Waals surface area (Å²) < 4.78 is 66.7. The number of benzene rings is 1. The Morgan fingerprint density at radius 2 is 1.80 bits per heavy atom. The molecule has 0 atom stereocenters. The van der Waals surface area contributed by atoms with Gasteiger partial charge in [-0.25, -0.2) is 17.8 Å². The Hall–Kier alpha value is -2.89. The van der Waals surface area contributed by atoms with Crippen LogP contribution in [0.3, 0.4) is 0 Å². The van der Waals surface area contributed by atoms with Gasteiger partial charge in [-0.1, -0.05) is 6.42 Å². The van der Waals surface area contributed by atoms with Crippen molar-refractivity contribution in [3.05, 3.63) is 41.7 Å². The summed E-state index contributed by atoms with van der Waals surface area (Å²) in [5.74, 6) is -2.27. The van der Waals surface area contributed by atoms with Crippen molar-refractivity contribution in [2.45, 2.75) is 49.1 Å². The predicted molar refractivity (Wildman–Crippen MR) is 97.4 cm³/mol. The Bertz CT molecular complexity index is 1060. The molecule has 0 radical (unpaired) electrons. The zero-order valence-corrected chi connectivity index (χ0v) is 16.3. The molecule has 0 spiro atoms. The summed E-state index contributed by atoms with van der Waals surface area (Å²) in [6, 6.07) is 5.89. The summed E-state index contributed by atoms with van der Waals surface area (Å²) in [5.41, 5.74) is -0.360. The van der Waals surface area contributed by atoms with Crippen LogP contribution in [0, 0.1) is 0 Å². The van der Waals surface area contributed by atoms with Gasteiger partial charge in [0.05, 0.1) is 17.0 Å². The summed E-state index contributed by atoms with van der Waals surface area (Å²) in [6.07, 6.45) is -3.23. The molecule has 2 N–H and O–H groups in total. The highest BCUT2D eigenvalue weighted by atomic mass is 32.2. The molecule has 0 saturated heterocycles. The largest absolute Gasteiger partial charge is 0.481 e. The summed E-state index contributed by atoms with van der Waals surface area (Å²) >= 11 is 0. The van der Waals surface area contributed by atoms with Gasteiger partial charge in [-0.15, -0.1) is 0 Å². The normalized spacial score (nSPS) is 14.9. The minimum atomic E-state index is -4.60. The molecule has 1 aliphatic rings. The van der Waals surface area contributed by atoms with Crippen LogP contribution >= 0.6 is 0 Å². The number of amides is 1. The van der Waals surface area contributed by atoms with E-state index >= 15 is 0 Å². The molecule has 2 aromatic rings. The summed E-state index contributed by atoms with van der Waals surface area (Å²) in [4.78, 5) is 21.8. The Morgan fingerprint density at radius 3 is 2.30 bits per heavy atom. The molecule has 1 fully saturated rings. The van der Waals surface area contributed by atoms with Crippen LogP contribution in [0.15, 0.2) is 35.2 Å². The second kappa shape index (κ2) is 8.09. The van der Waals surface area contributed by atoms with Gasteiger partial charge in [0.25, 0.3) is 10.0 Å². The van der Waals surface area contributed by atoms with Gasteiger partial charge in [0.1, 0.15) is 0 Å². The molecule has 30 heavy (non-hydrogen) atoms. The molecule has 0 unspecified atom stereocenters. The number of halogens is 3. The molecule has 3 rings (SSSR count). The first-order valence-electron chi connectivity index (χ1n) is 9.02. The minimum absolute atomic E-state index is 0.0504. The number of aliphatic carboxylic acids is 1. The third-order valence-corrected chi connectivity index (χ3v) is 6.15. The van der Waals surface area contributed by atoms with E-state index in [-0.39, 0.29) is 16.5 Å². The van der Waals surface area contributed by atoms with Gasteiger partial charge in [-0.2, -0.15) is 18.3 Å². The zero-order valence-electron chi connectivity index (χ0n) is 15.5. The average molecular weight is 445 g/mol. The number of sulfonamides is 1. The lowest BCUT2D eigenvalue weighted by molar-refractivity contribution is -0.141. The zero-order chi connectivity index (χ0) is 22.1. The number of alkyl halides is 3. The summed E-state index contributed by atoms with van der Waals surface area (Å²) in [6.45, 7) is 0. The lowest BCUT2D eigenvalue weighted by atomic mass is 9.82. The highest BCUT2D eigenvalue weighted by Crippen LogP contribution is 2.40. The molecule has 1 aliphatic carbocycles. The van der Waals surface area contributed by atoms with E-state index in [0.29, 0.717) is 5.69 Å². The lowest BCUT2D eigenvalue weighted by Gasteiger charge is -2.26. The number of carboxylic acids is 1. The van der Waals surface area contributed by atoms with Crippen molar-refractivity contribution in [2.75, 3.05) is 0 Å². The molecule has 1 aromatic carbocycles. The van der Waals surface area contributed by atoms with Crippen LogP contribution in [0.25, 0.3) is 5.69 Å². The molecular formula is C18H18F3N3O5S. The van der Waals surface area contributed by atoms with Gasteiger partial charge >= 0.3 is 12.1 Å². The van der Waals surface area contributed by atoms with Gasteiger partial charge in [-0.05, 0) is 43.2 Å². The van der Waals surface area contributed by atoms with E-state index in [9.17, 15) is 31.2 Å². The monoisotopic (exact) mass is 445 g/mol. The van der Waals surface area contributed by atoms with Crippen LogP contribution in [-0.4, -0.2) is 35.2 Å². The number of carboxylic acid groups (broad SMARTS) is 1. The Labute approximate surface area is 169 Å². The topological polar surface area (TPSA) is 118 Å². The fourth-order valence-electron chi connectivity index (χ4n) is 2.98. The van der Waals surface area contributed by atoms with Crippen LogP contribution in [0.1, 0.15) is 49.4 Å². The lowest BCUT2D eigenvalue weighted by Crippen LogP contribution is -2.30. The van der Waals surface area contributed by atoms with Crippen molar-refractivity contribution in [2.24, 2.45) is 0 Å². The van der Waals surface area contributed by atoms with Crippen LogP contribution < -0.4 is 4.72 Å². The fraction of sp³-hybridized carbons (Fsp3) is 0.389. The SMILES string of the molecule is O=C(O)CCC(=O)NS(=O)(=O)c1ccc(-n2nc(C(F)(F)F)cc2C2CCC2)cc1. The third-order valence-electron chi connectivity index (χ3n) is 4.76. The minimum Gasteiger partial charge on any atom is -0.481 e. The second-order valence-electron chi connectivity index (χ2n) is 6.91. The molecule has 0 bridgehead atoms. The number of hydrogen-bond acceptors (Lipinski definition) is 5. The van der Waals surface area contributed by atoms with Crippen molar-refractivity contribution >= 4 is 21.9 Å². The van der Waals surface area contributed by atoms with Gasteiger partial charge in [0, 0.05) is 18.0 Å². The molecule has 1 aromatic heterocycles. The fourth-order valence-corrected chi connectivity index (χ4v) is 4.00. The highest BCUT2D eigenvalue weighted by molar-refractivity contribution is 7.90. The van der Waals surface area contributed by atoms with Crippen molar-refractivity contribution < 1.29 is 36.3 Å². The Morgan fingerprint density at radius 1 is 1.17 bits per heavy atom. The Kier molecular flexibility index (Phi) is 5.88. The van der Waals surface area contributed by atoms with Crippen LogP contribution in [-0.2, 0) is 25.8 Å². The van der Waals surface area contributed by atoms with Crippen molar-refractivity contribution in [3.8, 4) is 5.69 Å². The number of carbonyl (C=O) groups is 2. The number of nitrogens with zero attached hydrogens (tertiary/aromatic N) is 2. The Balaban J connectivity index is 1.84. The number of hydrogen-bond donors (Lipinski definition) is 2. The van der Waals surface area contributed by atoms with Crippen molar-refractivity contribution in [1.29, 1.82) is 0 Å². The van der Waals surface area contributed by atoms with Crippen molar-refractivity contribution in [3.63, 3.8) is 0 Å². The second-order valence-corrected chi connectivity index (χ2v) is 8.59. The predicted octanol–water partition coefficient (Wildman–Crippen LogP) is 2.83. The molecule has 0 aliphatic heterocycles. The standard InChI is InChI=1S/C18H18F3N3O5S/c19-18(20,21)15-10-14(11-2-1-3-11)24(22-15)12-4-6-13(7-5-12)30(28,29)23-16(25)8-9-17(26)27/h4-7,10-11H,1-3,8-9H2,(H,23,25)(H,26,27). The van der Waals surface area contributed by atoms with Crippen LogP contribution in [0.4, 0.5) is 13.2 Å². The summed E-state index contributed by atoms with van der Waals surface area (Å²) in [5, 5.41) is 12.2. The summed E-state index contributed by atoms with van der Waals surface area (Å²) in [7, 11) is -4.25. The average Bonchev–Trinajstić information content (AvgIpc) is 3.03. The third kappa shape index (κ3) is 4.81. The first kappa shape index (κ1) is 21.8. The van der Waals surface area contributed by atoms with Crippen molar-refractivity contribution in [1.82, 2.24) is 14.5 Å². The van der Waals surface area contributed by atoms with E-state index in [2.05, 4.69) is 5.10 Å². The molecule has 162 valence electrons. The van der Waals surface area contributed by atoms with E-state index in [0.717, 1.165) is 42.1 Å². The maximum atomic E-state index is 13.1. The number of aromatic nitrogens is 2. The maximum absolute atomic E-state index is 13.1. The van der Waals surface area contributed by atoms with E-state index < -0.39 is 46.6 Å².